The summed E-state index contributed by atoms with van der Waals surface area (Å²) < 4.78 is 0. The van der Waals surface area contributed by atoms with Crippen LogP contribution < -0.4 is 0 Å². The lowest BCUT2D eigenvalue weighted by Crippen LogP contribution is -2.29. The number of benzene rings is 5. The van der Waals surface area contributed by atoms with E-state index in [1.54, 1.807) is 0 Å². The zero-order valence-electron chi connectivity index (χ0n) is 26.6. The van der Waals surface area contributed by atoms with Crippen LogP contribution in [-0.2, 0) is 5.41 Å². The van der Waals surface area contributed by atoms with Crippen molar-refractivity contribution < 1.29 is 0 Å². The van der Waals surface area contributed by atoms with Gasteiger partial charge in [-0.1, -0.05) is 146 Å². The highest BCUT2D eigenvalue weighted by Crippen LogP contribution is 2.65. The molecule has 228 valence electrons. The third-order valence-electron chi connectivity index (χ3n) is 10.8. The molecule has 48 heavy (non-hydrogen) atoms. The first-order valence-electron chi connectivity index (χ1n) is 17.1. The summed E-state index contributed by atoms with van der Waals surface area (Å²) in [6, 6.07) is 44.7. The first-order valence-corrected chi connectivity index (χ1v) is 17.1. The third kappa shape index (κ3) is 4.02. The van der Waals surface area contributed by atoms with E-state index in [9.17, 15) is 0 Å². The van der Waals surface area contributed by atoms with E-state index < -0.39 is 0 Å². The van der Waals surface area contributed by atoms with Crippen molar-refractivity contribution in [3.63, 3.8) is 0 Å². The normalized spacial score (nSPS) is 19.9. The maximum absolute atomic E-state index is 5.11. The largest absolute Gasteiger partial charge is 0.338 e. The van der Waals surface area contributed by atoms with Crippen molar-refractivity contribution in [1.82, 2.24) is 9.97 Å². The molecule has 0 saturated heterocycles. The second-order valence-corrected chi connectivity index (χ2v) is 13.5. The number of hydrogen-bond acceptors (Lipinski definition) is 1. The highest BCUT2D eigenvalue weighted by molar-refractivity contribution is 5.98. The molecule has 1 fully saturated rings. The minimum atomic E-state index is -0.378. The minimum absolute atomic E-state index is 0.378. The summed E-state index contributed by atoms with van der Waals surface area (Å²) in [6.07, 6.45) is 18.2. The molecule has 4 aliphatic carbocycles. The average molecular weight is 615 g/mol. The Bertz CT molecular complexity index is 2320. The number of imidazole rings is 1. The standard InChI is InChI=1S/C46H34N2/c1-2-6-15-30(14-5-1)35-26-24-31(29-38(35)45-47-41-22-11-12-23-42(41)48-45)36-20-13-21-39-43(36)44-37-28-32(37)25-27-40(44)46(39,33-16-7-3-8-17-33)34-18-9-4-10-19-34/h1,3-27,29,32,37H,2,28H2,(H,47,48). The Morgan fingerprint density at radius 1 is 0.688 bits per heavy atom. The number of nitrogens with zero attached hydrogens (tertiary/aromatic N) is 1. The van der Waals surface area contributed by atoms with Gasteiger partial charge in [0.2, 0.25) is 0 Å². The summed E-state index contributed by atoms with van der Waals surface area (Å²) in [5.74, 6) is 2.08. The fourth-order valence-corrected chi connectivity index (χ4v) is 8.62. The van der Waals surface area contributed by atoms with Crippen molar-refractivity contribution >= 4 is 22.2 Å². The lowest BCUT2D eigenvalue weighted by molar-refractivity contribution is 0.755. The van der Waals surface area contributed by atoms with E-state index in [-0.39, 0.29) is 5.41 Å². The Morgan fingerprint density at radius 3 is 2.29 bits per heavy atom. The molecule has 2 heteroatoms. The SMILES string of the molecule is C1=CCC=CC(c2ccc(-c3cccc4c3C3=C(C=CC5CC35)C4(c3ccccc3)c3ccccc3)cc2-c2nc3ccccc3[nH]2)=C1. The van der Waals surface area contributed by atoms with Crippen molar-refractivity contribution in [2.24, 2.45) is 11.8 Å². The molecule has 2 unspecified atom stereocenters. The van der Waals surface area contributed by atoms with Gasteiger partial charge in [0.15, 0.2) is 0 Å². The summed E-state index contributed by atoms with van der Waals surface area (Å²) in [7, 11) is 0. The van der Waals surface area contributed by atoms with Crippen LogP contribution in [0.1, 0.15) is 40.7 Å². The highest BCUT2D eigenvalue weighted by Gasteiger charge is 2.54. The predicted molar refractivity (Wildman–Crippen MR) is 198 cm³/mol. The van der Waals surface area contributed by atoms with Gasteiger partial charge >= 0.3 is 0 Å². The van der Waals surface area contributed by atoms with Gasteiger partial charge in [0.1, 0.15) is 5.82 Å². The van der Waals surface area contributed by atoms with Gasteiger partial charge in [0.25, 0.3) is 0 Å². The van der Waals surface area contributed by atoms with E-state index in [2.05, 4.69) is 169 Å². The van der Waals surface area contributed by atoms with Crippen LogP contribution in [0.4, 0.5) is 0 Å². The van der Waals surface area contributed by atoms with Crippen LogP contribution in [0, 0.1) is 11.8 Å². The first kappa shape index (κ1) is 27.4. The maximum atomic E-state index is 5.11. The monoisotopic (exact) mass is 614 g/mol. The van der Waals surface area contributed by atoms with Gasteiger partial charge in [0, 0.05) is 5.56 Å². The van der Waals surface area contributed by atoms with E-state index in [1.807, 2.05) is 0 Å². The molecule has 1 saturated carbocycles. The number of aromatic nitrogens is 2. The predicted octanol–water partition coefficient (Wildman–Crippen LogP) is 11.1. The molecule has 2 nitrogen and oxygen atoms in total. The van der Waals surface area contributed by atoms with Gasteiger partial charge in [-0.15, -0.1) is 0 Å². The van der Waals surface area contributed by atoms with Crippen LogP contribution in [0.3, 0.4) is 0 Å². The lowest BCUT2D eigenvalue weighted by Gasteiger charge is -2.35. The zero-order chi connectivity index (χ0) is 31.7. The molecule has 0 spiro atoms. The lowest BCUT2D eigenvalue weighted by atomic mass is 9.66. The molecule has 1 N–H and O–H groups in total. The Balaban J connectivity index is 1.25. The van der Waals surface area contributed by atoms with E-state index >= 15 is 0 Å². The summed E-state index contributed by atoms with van der Waals surface area (Å²) >= 11 is 0. The van der Waals surface area contributed by atoms with E-state index in [0.29, 0.717) is 11.8 Å². The van der Waals surface area contributed by atoms with Crippen LogP contribution in [0.25, 0.3) is 44.7 Å². The van der Waals surface area contributed by atoms with Crippen molar-refractivity contribution in [3.05, 3.63) is 197 Å². The third-order valence-corrected chi connectivity index (χ3v) is 10.8. The molecule has 6 aromatic rings. The van der Waals surface area contributed by atoms with E-state index in [1.165, 1.54) is 62.1 Å². The number of rotatable bonds is 5. The Morgan fingerprint density at radius 2 is 1.48 bits per heavy atom. The Labute approximate surface area is 281 Å². The van der Waals surface area contributed by atoms with Crippen LogP contribution in [0.5, 0.6) is 0 Å². The number of para-hydroxylation sites is 2. The number of hydrogen-bond donors (Lipinski definition) is 1. The summed E-state index contributed by atoms with van der Waals surface area (Å²) in [6.45, 7) is 0. The number of allylic oxidation sites excluding steroid dienone is 10. The maximum Gasteiger partial charge on any atom is 0.139 e. The quantitative estimate of drug-likeness (QED) is 0.206. The fraction of sp³-hybridized carbons (Fsp3) is 0.109. The average Bonchev–Trinajstić information content (AvgIpc) is 3.81. The first-order chi connectivity index (χ1) is 23.8. The summed E-state index contributed by atoms with van der Waals surface area (Å²) in [4.78, 5) is 8.77. The van der Waals surface area contributed by atoms with Gasteiger partial charge in [-0.25, -0.2) is 4.98 Å². The van der Waals surface area contributed by atoms with Gasteiger partial charge in [0.05, 0.1) is 16.4 Å². The van der Waals surface area contributed by atoms with Crippen LogP contribution >= 0.6 is 0 Å². The van der Waals surface area contributed by atoms with Crippen LogP contribution in [0.2, 0.25) is 0 Å². The van der Waals surface area contributed by atoms with Crippen LogP contribution in [-0.4, -0.2) is 9.97 Å². The molecule has 10 rings (SSSR count). The number of aromatic amines is 1. The van der Waals surface area contributed by atoms with Gasteiger partial charge in [-0.3, -0.25) is 0 Å². The molecule has 1 heterocycles. The van der Waals surface area contributed by atoms with Crippen molar-refractivity contribution in [1.29, 1.82) is 0 Å². The van der Waals surface area contributed by atoms with Gasteiger partial charge in [-0.2, -0.15) is 0 Å². The molecule has 5 aromatic carbocycles. The van der Waals surface area contributed by atoms with Crippen molar-refractivity contribution in [3.8, 4) is 22.5 Å². The van der Waals surface area contributed by atoms with E-state index in [0.717, 1.165) is 28.8 Å². The minimum Gasteiger partial charge on any atom is -0.338 e. The zero-order valence-corrected chi connectivity index (χ0v) is 26.6. The molecule has 4 aliphatic rings. The fourth-order valence-electron chi connectivity index (χ4n) is 8.62. The second kappa shape index (κ2) is 10.7. The second-order valence-electron chi connectivity index (χ2n) is 13.5. The van der Waals surface area contributed by atoms with Gasteiger partial charge < -0.3 is 4.98 Å². The van der Waals surface area contributed by atoms with Crippen molar-refractivity contribution in [2.45, 2.75) is 18.3 Å². The van der Waals surface area contributed by atoms with E-state index in [4.69, 9.17) is 4.98 Å². The summed E-state index contributed by atoms with van der Waals surface area (Å²) in [5.41, 5.74) is 16.1. The molecule has 0 bridgehead atoms. The molecular formula is C46H34N2. The number of fused-ring (bicyclic) bond motifs is 5. The molecular weight excluding hydrogens is 581 g/mol. The highest BCUT2D eigenvalue weighted by atomic mass is 14.9. The molecule has 0 radical (unpaired) electrons. The Hall–Kier alpha value is -5.73. The smallest absolute Gasteiger partial charge is 0.139 e. The van der Waals surface area contributed by atoms with Crippen LogP contribution in [0.15, 0.2) is 169 Å². The molecule has 2 atom stereocenters. The molecule has 0 amide bonds. The topological polar surface area (TPSA) is 28.7 Å². The molecule has 1 aromatic heterocycles. The summed E-state index contributed by atoms with van der Waals surface area (Å²) in [5, 5.41) is 0. The molecule has 0 aliphatic heterocycles. The number of H-pyrrole nitrogens is 1. The van der Waals surface area contributed by atoms with Gasteiger partial charge in [-0.05, 0) is 98.5 Å². The Kier molecular flexibility index (Phi) is 6.08. The number of nitrogens with one attached hydrogen (secondary N) is 1. The van der Waals surface area contributed by atoms with Crippen molar-refractivity contribution in [2.75, 3.05) is 0 Å².